The van der Waals surface area contributed by atoms with E-state index in [1.54, 1.807) is 12.0 Å². The fourth-order valence-corrected chi connectivity index (χ4v) is 3.79. The summed E-state index contributed by atoms with van der Waals surface area (Å²) in [7, 11) is 1.69. The number of ether oxygens (including phenoxy) is 2. The Bertz CT molecular complexity index is 891. The Labute approximate surface area is 186 Å². The van der Waals surface area contributed by atoms with Crippen molar-refractivity contribution >= 4 is 29.9 Å². The second kappa shape index (κ2) is 10.9. The number of halogens is 1. The van der Waals surface area contributed by atoms with Crippen LogP contribution in [0.1, 0.15) is 13.3 Å². The van der Waals surface area contributed by atoms with Crippen LogP contribution in [0.4, 0.5) is 4.79 Å². The number of rotatable bonds is 8. The number of nitrogens with zero attached hydrogens (tertiary/aromatic N) is 5. The van der Waals surface area contributed by atoms with Gasteiger partial charge in [-0.15, -0.1) is 0 Å². The lowest BCUT2D eigenvalue weighted by Crippen LogP contribution is -2.49. The fourth-order valence-electron chi connectivity index (χ4n) is 3.39. The Morgan fingerprint density at radius 1 is 1.20 bits per heavy atom. The molecule has 0 atom stereocenters. The van der Waals surface area contributed by atoms with Crippen LogP contribution in [0, 0.1) is 4.77 Å². The highest BCUT2D eigenvalue weighted by Crippen LogP contribution is 2.21. The van der Waals surface area contributed by atoms with Gasteiger partial charge >= 0.3 is 6.09 Å². The van der Waals surface area contributed by atoms with E-state index in [1.807, 2.05) is 40.4 Å². The highest BCUT2D eigenvalue weighted by atomic mass is 35.5. The molecule has 0 N–H and O–H groups in total. The van der Waals surface area contributed by atoms with Crippen molar-refractivity contribution in [3.63, 3.8) is 0 Å². The number of benzene rings is 1. The minimum absolute atomic E-state index is 0.249. The van der Waals surface area contributed by atoms with Crippen molar-refractivity contribution in [3.8, 4) is 11.4 Å². The summed E-state index contributed by atoms with van der Waals surface area (Å²) in [6.07, 6.45) is 0.594. The van der Waals surface area contributed by atoms with E-state index in [0.717, 1.165) is 37.4 Å². The molecule has 30 heavy (non-hydrogen) atoms. The molecular weight excluding hydrogens is 426 g/mol. The van der Waals surface area contributed by atoms with E-state index in [0.29, 0.717) is 42.8 Å². The van der Waals surface area contributed by atoms with Gasteiger partial charge in [-0.2, -0.15) is 5.10 Å². The van der Waals surface area contributed by atoms with Crippen molar-refractivity contribution in [2.75, 3.05) is 46.5 Å². The molecule has 0 aliphatic carbocycles. The Balaban J connectivity index is 1.75. The SMILES string of the molecule is CCOC(=O)N1CCN(Cn2nc(-c3ccc(Cl)cc3)n(CCCOC)c2=S)CC1. The molecule has 1 aliphatic rings. The van der Waals surface area contributed by atoms with Crippen LogP contribution in [0.25, 0.3) is 11.4 Å². The van der Waals surface area contributed by atoms with E-state index in [9.17, 15) is 4.79 Å². The third-order valence-electron chi connectivity index (χ3n) is 4.99. The molecule has 1 aliphatic heterocycles. The van der Waals surface area contributed by atoms with Crippen LogP contribution < -0.4 is 0 Å². The summed E-state index contributed by atoms with van der Waals surface area (Å²) in [5.41, 5.74) is 0.966. The van der Waals surface area contributed by atoms with Crippen LogP contribution in [-0.4, -0.2) is 76.7 Å². The van der Waals surface area contributed by atoms with Crippen LogP contribution in [-0.2, 0) is 22.7 Å². The Morgan fingerprint density at radius 2 is 1.90 bits per heavy atom. The zero-order chi connectivity index (χ0) is 21.5. The van der Waals surface area contributed by atoms with Crippen LogP contribution in [0.3, 0.4) is 0 Å². The topological polar surface area (TPSA) is 64.8 Å². The largest absolute Gasteiger partial charge is 0.450 e. The lowest BCUT2D eigenvalue weighted by atomic mass is 10.2. The van der Waals surface area contributed by atoms with E-state index in [1.165, 1.54) is 0 Å². The summed E-state index contributed by atoms with van der Waals surface area (Å²) in [5.74, 6) is 0.818. The van der Waals surface area contributed by atoms with Crippen molar-refractivity contribution in [2.45, 2.75) is 26.6 Å². The second-order valence-electron chi connectivity index (χ2n) is 7.06. The first-order valence-corrected chi connectivity index (χ1v) is 10.9. The van der Waals surface area contributed by atoms with Gasteiger partial charge < -0.3 is 14.4 Å². The van der Waals surface area contributed by atoms with Crippen molar-refractivity contribution < 1.29 is 14.3 Å². The monoisotopic (exact) mass is 453 g/mol. The Morgan fingerprint density at radius 3 is 2.53 bits per heavy atom. The van der Waals surface area contributed by atoms with Crippen LogP contribution >= 0.6 is 23.8 Å². The van der Waals surface area contributed by atoms with Gasteiger partial charge in [0.1, 0.15) is 0 Å². The zero-order valence-corrected chi connectivity index (χ0v) is 19.0. The van der Waals surface area contributed by atoms with Crippen molar-refractivity contribution in [3.05, 3.63) is 34.1 Å². The molecule has 1 aromatic carbocycles. The molecule has 0 unspecified atom stereocenters. The highest BCUT2D eigenvalue weighted by Gasteiger charge is 2.23. The lowest BCUT2D eigenvalue weighted by Gasteiger charge is -2.33. The van der Waals surface area contributed by atoms with Gasteiger partial charge in [-0.25, -0.2) is 9.48 Å². The predicted octanol–water partition coefficient (Wildman–Crippen LogP) is 3.50. The quantitative estimate of drug-likeness (QED) is 0.450. The maximum atomic E-state index is 11.9. The maximum Gasteiger partial charge on any atom is 0.409 e. The third-order valence-corrected chi connectivity index (χ3v) is 5.67. The molecule has 8 nitrogen and oxygen atoms in total. The first kappa shape index (κ1) is 22.7. The van der Waals surface area contributed by atoms with Gasteiger partial charge in [0, 0.05) is 57.0 Å². The number of methoxy groups -OCH3 is 1. The number of amides is 1. The molecule has 1 saturated heterocycles. The molecule has 1 fully saturated rings. The van der Waals surface area contributed by atoms with Gasteiger partial charge in [-0.3, -0.25) is 9.47 Å². The summed E-state index contributed by atoms with van der Waals surface area (Å²) in [6, 6.07) is 7.61. The van der Waals surface area contributed by atoms with Gasteiger partial charge in [-0.05, 0) is 49.8 Å². The number of carbonyl (C=O) groups excluding carboxylic acids is 1. The molecular formula is C20H28ClN5O3S. The second-order valence-corrected chi connectivity index (χ2v) is 7.86. The van der Waals surface area contributed by atoms with Gasteiger partial charge in [0.25, 0.3) is 0 Å². The van der Waals surface area contributed by atoms with Gasteiger partial charge in [0.15, 0.2) is 10.6 Å². The van der Waals surface area contributed by atoms with E-state index in [2.05, 4.69) is 4.90 Å². The van der Waals surface area contributed by atoms with Crippen LogP contribution in [0.2, 0.25) is 5.02 Å². The first-order chi connectivity index (χ1) is 14.5. The molecule has 2 heterocycles. The van der Waals surface area contributed by atoms with Crippen molar-refractivity contribution in [2.24, 2.45) is 0 Å². The molecule has 164 valence electrons. The Kier molecular flexibility index (Phi) is 8.26. The van der Waals surface area contributed by atoms with Crippen molar-refractivity contribution in [1.82, 2.24) is 24.1 Å². The molecule has 0 spiro atoms. The molecule has 1 amide bonds. The standard InChI is InChI=1S/C20H28ClN5O3S/c1-3-29-20(27)24-12-10-23(11-13-24)15-26-19(30)25(9-4-14-28-2)18(22-26)16-5-7-17(21)8-6-16/h5-8H,3-4,9-15H2,1-2H3. The van der Waals surface area contributed by atoms with Gasteiger partial charge in [-0.1, -0.05) is 11.6 Å². The van der Waals surface area contributed by atoms with Crippen LogP contribution in [0.15, 0.2) is 24.3 Å². The lowest BCUT2D eigenvalue weighted by molar-refractivity contribution is 0.0690. The number of hydrogen-bond acceptors (Lipinski definition) is 6. The molecule has 0 bridgehead atoms. The smallest absolute Gasteiger partial charge is 0.409 e. The fraction of sp³-hybridized carbons (Fsp3) is 0.550. The summed E-state index contributed by atoms with van der Waals surface area (Å²) in [5, 5.41) is 5.49. The molecule has 0 radical (unpaired) electrons. The molecule has 1 aromatic heterocycles. The third kappa shape index (κ3) is 5.60. The summed E-state index contributed by atoms with van der Waals surface area (Å²) in [4.78, 5) is 15.9. The van der Waals surface area contributed by atoms with E-state index >= 15 is 0 Å². The Hall–Kier alpha value is -1.94. The molecule has 0 saturated carbocycles. The minimum atomic E-state index is -0.249. The summed E-state index contributed by atoms with van der Waals surface area (Å²) < 4.78 is 14.9. The summed E-state index contributed by atoms with van der Waals surface area (Å²) >= 11 is 11.8. The normalized spacial score (nSPS) is 14.8. The predicted molar refractivity (Wildman–Crippen MR) is 118 cm³/mol. The zero-order valence-electron chi connectivity index (χ0n) is 17.4. The number of hydrogen-bond donors (Lipinski definition) is 0. The summed E-state index contributed by atoms with van der Waals surface area (Å²) in [6.45, 7) is 6.91. The number of aromatic nitrogens is 3. The van der Waals surface area contributed by atoms with Gasteiger partial charge in [0.05, 0.1) is 13.3 Å². The van der Waals surface area contributed by atoms with E-state index in [-0.39, 0.29) is 6.09 Å². The molecule has 3 rings (SSSR count). The minimum Gasteiger partial charge on any atom is -0.450 e. The maximum absolute atomic E-state index is 11.9. The van der Waals surface area contributed by atoms with E-state index < -0.39 is 0 Å². The molecule has 2 aromatic rings. The van der Waals surface area contributed by atoms with E-state index in [4.69, 9.17) is 38.4 Å². The highest BCUT2D eigenvalue weighted by molar-refractivity contribution is 7.71. The van der Waals surface area contributed by atoms with Crippen LogP contribution in [0.5, 0.6) is 0 Å². The van der Waals surface area contributed by atoms with Gasteiger partial charge in [0.2, 0.25) is 0 Å². The number of piperazine rings is 1. The first-order valence-electron chi connectivity index (χ1n) is 10.1. The number of carbonyl (C=O) groups is 1. The average molecular weight is 454 g/mol. The van der Waals surface area contributed by atoms with Crippen molar-refractivity contribution in [1.29, 1.82) is 0 Å². The average Bonchev–Trinajstić information content (AvgIpc) is 3.05. The molecule has 10 heteroatoms.